The summed E-state index contributed by atoms with van der Waals surface area (Å²) in [6.45, 7) is 2.57. The molecule has 1 aromatic heterocycles. The van der Waals surface area contributed by atoms with Crippen LogP contribution < -0.4 is 4.74 Å². The number of aromatic hydroxyl groups is 1. The Morgan fingerprint density at radius 1 is 1.29 bits per heavy atom. The molecule has 0 atom stereocenters. The largest absolute Gasteiger partial charge is 0.504 e. The summed E-state index contributed by atoms with van der Waals surface area (Å²) in [5.74, 6) is 0.701. The SMILES string of the molecule is CCn1c(-c2cccc(OC)c2O)nc2ccc(F)cc21. The Balaban J connectivity index is 2.30. The van der Waals surface area contributed by atoms with E-state index in [1.165, 1.54) is 19.2 Å². The van der Waals surface area contributed by atoms with Crippen LogP contribution >= 0.6 is 0 Å². The van der Waals surface area contributed by atoms with Crippen LogP contribution in [0.3, 0.4) is 0 Å². The Bertz CT molecular complexity index is 811. The minimum atomic E-state index is -0.307. The zero-order valence-electron chi connectivity index (χ0n) is 11.8. The molecule has 0 fully saturated rings. The molecule has 0 saturated carbocycles. The van der Waals surface area contributed by atoms with Crippen LogP contribution in [0.2, 0.25) is 0 Å². The number of benzene rings is 2. The number of hydrogen-bond acceptors (Lipinski definition) is 3. The third-order valence-corrected chi connectivity index (χ3v) is 3.49. The number of methoxy groups -OCH3 is 1. The molecule has 0 unspecified atom stereocenters. The lowest BCUT2D eigenvalue weighted by molar-refractivity contribution is 0.374. The van der Waals surface area contributed by atoms with Crippen LogP contribution in [0.1, 0.15) is 6.92 Å². The minimum absolute atomic E-state index is 0.0329. The molecule has 0 radical (unpaired) electrons. The van der Waals surface area contributed by atoms with Crippen molar-refractivity contribution in [3.8, 4) is 22.9 Å². The maximum absolute atomic E-state index is 13.5. The van der Waals surface area contributed by atoms with Gasteiger partial charge in [-0.25, -0.2) is 9.37 Å². The number of para-hydroxylation sites is 1. The lowest BCUT2D eigenvalue weighted by Crippen LogP contribution is -1.98. The summed E-state index contributed by atoms with van der Waals surface area (Å²) >= 11 is 0. The molecule has 0 aliphatic rings. The van der Waals surface area contributed by atoms with Crippen molar-refractivity contribution in [3.05, 3.63) is 42.2 Å². The van der Waals surface area contributed by atoms with E-state index in [9.17, 15) is 9.50 Å². The molecule has 0 amide bonds. The van der Waals surface area contributed by atoms with Crippen molar-refractivity contribution < 1.29 is 14.2 Å². The second-order valence-electron chi connectivity index (χ2n) is 4.67. The van der Waals surface area contributed by atoms with E-state index in [4.69, 9.17) is 4.74 Å². The van der Waals surface area contributed by atoms with Gasteiger partial charge in [-0.05, 0) is 37.3 Å². The van der Waals surface area contributed by atoms with Crippen LogP contribution in [0.4, 0.5) is 4.39 Å². The average molecular weight is 286 g/mol. The fraction of sp³-hybridized carbons (Fsp3) is 0.188. The summed E-state index contributed by atoms with van der Waals surface area (Å²) in [7, 11) is 1.50. The highest BCUT2D eigenvalue weighted by atomic mass is 19.1. The number of halogens is 1. The molecule has 1 heterocycles. The van der Waals surface area contributed by atoms with Crippen molar-refractivity contribution in [2.75, 3.05) is 7.11 Å². The van der Waals surface area contributed by atoms with E-state index in [2.05, 4.69) is 4.98 Å². The van der Waals surface area contributed by atoms with E-state index in [1.807, 2.05) is 11.5 Å². The van der Waals surface area contributed by atoms with Gasteiger partial charge in [0.05, 0.1) is 23.7 Å². The number of nitrogens with zero attached hydrogens (tertiary/aromatic N) is 2. The highest BCUT2D eigenvalue weighted by molar-refractivity contribution is 5.82. The lowest BCUT2D eigenvalue weighted by atomic mass is 10.1. The number of ether oxygens (including phenoxy) is 1. The van der Waals surface area contributed by atoms with Gasteiger partial charge in [-0.3, -0.25) is 0 Å². The number of hydrogen-bond donors (Lipinski definition) is 1. The van der Waals surface area contributed by atoms with Gasteiger partial charge in [0.1, 0.15) is 11.6 Å². The van der Waals surface area contributed by atoms with Crippen molar-refractivity contribution in [2.45, 2.75) is 13.5 Å². The molecular weight excluding hydrogens is 271 g/mol. The number of aromatic nitrogens is 2. The second kappa shape index (κ2) is 5.09. The fourth-order valence-corrected chi connectivity index (χ4v) is 2.49. The normalized spacial score (nSPS) is 11.0. The first-order chi connectivity index (χ1) is 10.2. The molecule has 4 nitrogen and oxygen atoms in total. The van der Waals surface area contributed by atoms with Gasteiger partial charge in [0, 0.05) is 6.54 Å². The van der Waals surface area contributed by atoms with Gasteiger partial charge < -0.3 is 14.4 Å². The number of imidazole rings is 1. The topological polar surface area (TPSA) is 47.3 Å². The highest BCUT2D eigenvalue weighted by Crippen LogP contribution is 2.37. The van der Waals surface area contributed by atoms with E-state index in [0.29, 0.717) is 34.7 Å². The molecule has 5 heteroatoms. The Morgan fingerprint density at radius 2 is 2.10 bits per heavy atom. The molecular formula is C16H15FN2O2. The zero-order valence-corrected chi connectivity index (χ0v) is 11.8. The van der Waals surface area contributed by atoms with Crippen molar-refractivity contribution in [1.82, 2.24) is 9.55 Å². The molecule has 21 heavy (non-hydrogen) atoms. The first-order valence-corrected chi connectivity index (χ1v) is 6.67. The average Bonchev–Trinajstić information content (AvgIpc) is 2.84. The van der Waals surface area contributed by atoms with Gasteiger partial charge in [-0.15, -0.1) is 0 Å². The summed E-state index contributed by atoms with van der Waals surface area (Å²) in [6, 6.07) is 9.70. The van der Waals surface area contributed by atoms with Crippen molar-refractivity contribution in [3.63, 3.8) is 0 Å². The van der Waals surface area contributed by atoms with Gasteiger partial charge in [-0.1, -0.05) is 6.07 Å². The molecule has 108 valence electrons. The summed E-state index contributed by atoms with van der Waals surface area (Å²) < 4.78 is 20.4. The molecule has 0 aliphatic heterocycles. The minimum Gasteiger partial charge on any atom is -0.504 e. The summed E-state index contributed by atoms with van der Waals surface area (Å²) in [6.07, 6.45) is 0. The van der Waals surface area contributed by atoms with Gasteiger partial charge in [0.2, 0.25) is 0 Å². The number of phenolic OH excluding ortho intramolecular Hbond substituents is 1. The molecule has 0 bridgehead atoms. The Labute approximate surface area is 121 Å². The van der Waals surface area contributed by atoms with Crippen LogP contribution in [-0.2, 0) is 6.54 Å². The quantitative estimate of drug-likeness (QED) is 0.800. The molecule has 0 aliphatic carbocycles. The van der Waals surface area contributed by atoms with Crippen LogP contribution in [0.5, 0.6) is 11.5 Å². The van der Waals surface area contributed by atoms with E-state index in [-0.39, 0.29) is 11.6 Å². The molecule has 1 N–H and O–H groups in total. The lowest BCUT2D eigenvalue weighted by Gasteiger charge is -2.10. The predicted octanol–water partition coefficient (Wildman–Crippen LogP) is 3.58. The molecule has 2 aromatic carbocycles. The fourth-order valence-electron chi connectivity index (χ4n) is 2.49. The molecule has 0 spiro atoms. The summed E-state index contributed by atoms with van der Waals surface area (Å²) in [5, 5.41) is 10.3. The maximum atomic E-state index is 13.5. The van der Waals surface area contributed by atoms with Gasteiger partial charge >= 0.3 is 0 Å². The van der Waals surface area contributed by atoms with E-state index in [0.717, 1.165) is 0 Å². The summed E-state index contributed by atoms with van der Waals surface area (Å²) in [4.78, 5) is 4.51. The number of phenols is 1. The standard InChI is InChI=1S/C16H15FN2O2/c1-3-19-13-9-10(17)7-8-12(13)18-16(19)11-5-4-6-14(21-2)15(11)20/h4-9,20H,3H2,1-2H3. The monoisotopic (exact) mass is 286 g/mol. The van der Waals surface area contributed by atoms with Crippen molar-refractivity contribution in [2.24, 2.45) is 0 Å². The Morgan fingerprint density at radius 3 is 2.81 bits per heavy atom. The summed E-state index contributed by atoms with van der Waals surface area (Å²) in [5.41, 5.74) is 1.96. The third kappa shape index (κ3) is 2.11. The molecule has 3 rings (SSSR count). The van der Waals surface area contributed by atoms with Crippen LogP contribution in [-0.4, -0.2) is 21.8 Å². The van der Waals surface area contributed by atoms with Gasteiger partial charge in [0.15, 0.2) is 11.5 Å². The smallest absolute Gasteiger partial charge is 0.168 e. The van der Waals surface area contributed by atoms with E-state index >= 15 is 0 Å². The number of rotatable bonds is 3. The first kappa shape index (κ1) is 13.4. The van der Waals surface area contributed by atoms with Gasteiger partial charge in [-0.2, -0.15) is 0 Å². The number of fused-ring (bicyclic) bond motifs is 1. The van der Waals surface area contributed by atoms with Crippen LogP contribution in [0.15, 0.2) is 36.4 Å². The zero-order chi connectivity index (χ0) is 15.0. The van der Waals surface area contributed by atoms with Crippen LogP contribution in [0.25, 0.3) is 22.4 Å². The van der Waals surface area contributed by atoms with E-state index < -0.39 is 0 Å². The Kier molecular flexibility index (Phi) is 3.25. The number of aryl methyl sites for hydroxylation is 1. The Hall–Kier alpha value is -2.56. The van der Waals surface area contributed by atoms with E-state index in [1.54, 1.807) is 24.3 Å². The predicted molar refractivity (Wildman–Crippen MR) is 79.0 cm³/mol. The third-order valence-electron chi connectivity index (χ3n) is 3.49. The maximum Gasteiger partial charge on any atom is 0.168 e. The van der Waals surface area contributed by atoms with Gasteiger partial charge in [0.25, 0.3) is 0 Å². The van der Waals surface area contributed by atoms with Crippen LogP contribution in [0, 0.1) is 5.82 Å². The van der Waals surface area contributed by atoms with Crippen molar-refractivity contribution >= 4 is 11.0 Å². The highest BCUT2D eigenvalue weighted by Gasteiger charge is 2.17. The van der Waals surface area contributed by atoms with Crippen molar-refractivity contribution in [1.29, 1.82) is 0 Å². The molecule has 3 aromatic rings. The molecule has 0 saturated heterocycles. The second-order valence-corrected chi connectivity index (χ2v) is 4.67. The first-order valence-electron chi connectivity index (χ1n) is 6.67.